The van der Waals surface area contributed by atoms with Gasteiger partial charge in [-0.1, -0.05) is 275 Å². The normalized spacial score (nSPS) is 12.9. The van der Waals surface area contributed by atoms with Crippen molar-refractivity contribution in [2.75, 3.05) is 47.5 Å². The van der Waals surface area contributed by atoms with Gasteiger partial charge in [-0.15, -0.1) is 0 Å². The lowest BCUT2D eigenvalue weighted by Crippen LogP contribution is -2.40. The number of esters is 2. The van der Waals surface area contributed by atoms with Crippen LogP contribution in [-0.4, -0.2) is 87.4 Å². The average molecular weight is 1050 g/mol. The van der Waals surface area contributed by atoms with Crippen molar-refractivity contribution >= 4 is 17.9 Å². The van der Waals surface area contributed by atoms with Gasteiger partial charge in [-0.3, -0.25) is 9.59 Å². The molecule has 0 aliphatic carbocycles. The van der Waals surface area contributed by atoms with Crippen molar-refractivity contribution < 1.29 is 42.9 Å². The highest BCUT2D eigenvalue weighted by Gasteiger charge is 2.25. The highest BCUT2D eigenvalue weighted by atomic mass is 16.7. The van der Waals surface area contributed by atoms with Gasteiger partial charge in [-0.05, 0) is 51.4 Å². The summed E-state index contributed by atoms with van der Waals surface area (Å²) in [6, 6.07) is 0. The molecule has 0 bridgehead atoms. The Bertz CT molecular complexity index is 1310. The van der Waals surface area contributed by atoms with Crippen molar-refractivity contribution in [2.45, 2.75) is 315 Å². The number of aliphatic carboxylic acids is 1. The minimum absolute atomic E-state index is 0.181. The fraction of sp³-hybridized carbons (Fsp3) is 0.862. The SMILES string of the molecule is CCCCCCC/C=C\C/C=C\C/C=C\CCCCCCCCCCC(=O)OC(COC(=O)CCCCCCCCCCCCCCCCCCCCCCCCCCCC)COC(OCC[N+](C)(C)C)C(=O)O. The van der Waals surface area contributed by atoms with Crippen LogP contribution >= 0.6 is 0 Å². The van der Waals surface area contributed by atoms with E-state index in [0.717, 1.165) is 57.8 Å². The highest BCUT2D eigenvalue weighted by Crippen LogP contribution is 2.18. The van der Waals surface area contributed by atoms with Crippen LogP contribution in [-0.2, 0) is 33.3 Å². The molecule has 1 N–H and O–H groups in total. The molecule has 2 atom stereocenters. The molecule has 74 heavy (non-hydrogen) atoms. The van der Waals surface area contributed by atoms with Gasteiger partial charge in [0.25, 0.3) is 6.29 Å². The predicted octanol–water partition coefficient (Wildman–Crippen LogP) is 18.9. The van der Waals surface area contributed by atoms with E-state index in [1.807, 2.05) is 21.1 Å². The number of quaternary nitrogens is 1. The maximum atomic E-state index is 12.9. The molecule has 0 aromatic heterocycles. The molecule has 9 nitrogen and oxygen atoms in total. The van der Waals surface area contributed by atoms with Gasteiger partial charge in [-0.2, -0.15) is 0 Å². The summed E-state index contributed by atoms with van der Waals surface area (Å²) in [7, 11) is 5.98. The number of hydrogen-bond donors (Lipinski definition) is 1. The first-order chi connectivity index (χ1) is 36.1. The van der Waals surface area contributed by atoms with Crippen LogP contribution in [0.5, 0.6) is 0 Å². The van der Waals surface area contributed by atoms with E-state index in [-0.39, 0.29) is 32.2 Å². The third kappa shape index (κ3) is 57.2. The first-order valence-corrected chi connectivity index (χ1v) is 31.7. The molecule has 0 aromatic carbocycles. The quantitative estimate of drug-likeness (QED) is 0.0211. The molecule has 0 spiro atoms. The standard InChI is InChI=1S/C65H121NO8/c1-6-8-10-12-14-16-18-20-22-24-26-28-30-31-32-34-35-37-39-41-43-45-47-49-51-53-55-62(67)72-59-61(60-73-65(64(69)70)71-58-57-66(3,4)5)74-63(68)56-54-52-50-48-46-44-42-40-38-36-33-29-27-25-23-21-19-17-15-13-11-9-7-2/h19,21,25,27,33,36,61,65H,6-18,20,22-24,26,28-32,34-35,37-60H2,1-5H3/p+1/b21-19-,27-25-,36-33-. The van der Waals surface area contributed by atoms with Crippen molar-refractivity contribution in [3.63, 3.8) is 0 Å². The topological polar surface area (TPSA) is 108 Å². The number of allylic oxidation sites excluding steroid dienone is 6. The lowest BCUT2D eigenvalue weighted by molar-refractivity contribution is -0.870. The molecule has 0 saturated carbocycles. The van der Waals surface area contributed by atoms with Crippen molar-refractivity contribution in [1.82, 2.24) is 0 Å². The van der Waals surface area contributed by atoms with Crippen LogP contribution in [0.2, 0.25) is 0 Å². The Morgan fingerprint density at radius 1 is 0.405 bits per heavy atom. The van der Waals surface area contributed by atoms with Gasteiger partial charge < -0.3 is 28.5 Å². The number of ether oxygens (including phenoxy) is 4. The summed E-state index contributed by atoms with van der Waals surface area (Å²) in [6.45, 7) is 4.91. The zero-order valence-corrected chi connectivity index (χ0v) is 49.5. The lowest BCUT2D eigenvalue weighted by atomic mass is 10.0. The number of carbonyl (C=O) groups is 3. The molecule has 9 heteroatoms. The Hall–Kier alpha value is -2.49. The zero-order valence-electron chi connectivity index (χ0n) is 49.5. The number of nitrogens with zero attached hydrogens (tertiary/aromatic N) is 1. The van der Waals surface area contributed by atoms with E-state index in [1.54, 1.807) is 0 Å². The van der Waals surface area contributed by atoms with Gasteiger partial charge in [0.15, 0.2) is 6.10 Å². The summed E-state index contributed by atoms with van der Waals surface area (Å²) >= 11 is 0. The minimum atomic E-state index is -1.51. The van der Waals surface area contributed by atoms with Crippen molar-refractivity contribution in [3.05, 3.63) is 36.5 Å². The Morgan fingerprint density at radius 2 is 0.730 bits per heavy atom. The monoisotopic (exact) mass is 1040 g/mol. The number of likely N-dealkylation sites (N-methyl/N-ethyl adjacent to an activating group) is 1. The molecule has 0 amide bonds. The Labute approximate surface area is 458 Å². The Kier molecular flexibility index (Phi) is 54.8. The first-order valence-electron chi connectivity index (χ1n) is 31.7. The summed E-state index contributed by atoms with van der Waals surface area (Å²) in [5, 5.41) is 9.72. The molecular formula is C65H122NO8+. The number of carbonyl (C=O) groups excluding carboxylic acids is 2. The zero-order chi connectivity index (χ0) is 54.1. The van der Waals surface area contributed by atoms with E-state index in [4.69, 9.17) is 18.9 Å². The third-order valence-corrected chi connectivity index (χ3v) is 14.1. The molecule has 0 aromatic rings. The van der Waals surface area contributed by atoms with Crippen LogP contribution in [0, 0.1) is 0 Å². The molecule has 0 aliphatic rings. The molecule has 434 valence electrons. The second kappa shape index (κ2) is 56.7. The molecule has 0 rings (SSSR count). The fourth-order valence-corrected chi connectivity index (χ4v) is 9.26. The van der Waals surface area contributed by atoms with Crippen molar-refractivity contribution in [3.8, 4) is 0 Å². The van der Waals surface area contributed by atoms with E-state index >= 15 is 0 Å². The van der Waals surface area contributed by atoms with Gasteiger partial charge >= 0.3 is 17.9 Å². The fourth-order valence-electron chi connectivity index (χ4n) is 9.26. The van der Waals surface area contributed by atoms with Gasteiger partial charge in [0.05, 0.1) is 34.4 Å². The molecular weight excluding hydrogens is 923 g/mol. The predicted molar refractivity (Wildman–Crippen MR) is 314 cm³/mol. The largest absolute Gasteiger partial charge is 0.477 e. The molecule has 0 fully saturated rings. The van der Waals surface area contributed by atoms with E-state index in [2.05, 4.69) is 50.3 Å². The Balaban J connectivity index is 4.17. The van der Waals surface area contributed by atoms with Gasteiger partial charge in [0.2, 0.25) is 0 Å². The molecule has 0 saturated heterocycles. The average Bonchev–Trinajstić information content (AvgIpc) is 3.37. The second-order valence-corrected chi connectivity index (χ2v) is 22.7. The highest BCUT2D eigenvalue weighted by molar-refractivity contribution is 5.71. The van der Waals surface area contributed by atoms with Crippen LogP contribution in [0.25, 0.3) is 0 Å². The summed E-state index contributed by atoms with van der Waals surface area (Å²) < 4.78 is 22.9. The van der Waals surface area contributed by atoms with Crippen LogP contribution in [0.15, 0.2) is 36.5 Å². The van der Waals surface area contributed by atoms with Crippen LogP contribution in [0.3, 0.4) is 0 Å². The summed E-state index contributed by atoms with van der Waals surface area (Å²) in [5.74, 6) is -2.00. The van der Waals surface area contributed by atoms with Gasteiger partial charge in [-0.25, -0.2) is 4.79 Å². The van der Waals surface area contributed by atoms with Crippen molar-refractivity contribution in [2.24, 2.45) is 0 Å². The number of unbranched alkanes of at least 4 members (excludes halogenated alkanes) is 38. The summed E-state index contributed by atoms with van der Waals surface area (Å²) in [5.41, 5.74) is 0. The summed E-state index contributed by atoms with van der Waals surface area (Å²) in [4.78, 5) is 37.5. The smallest absolute Gasteiger partial charge is 0.361 e. The van der Waals surface area contributed by atoms with Gasteiger partial charge in [0, 0.05) is 12.8 Å². The molecule has 0 aliphatic heterocycles. The van der Waals surface area contributed by atoms with Crippen LogP contribution in [0.4, 0.5) is 0 Å². The van der Waals surface area contributed by atoms with Crippen LogP contribution < -0.4 is 0 Å². The molecule has 0 radical (unpaired) electrons. The first kappa shape index (κ1) is 71.5. The maximum Gasteiger partial charge on any atom is 0.361 e. The summed E-state index contributed by atoms with van der Waals surface area (Å²) in [6.07, 6.45) is 66.6. The van der Waals surface area contributed by atoms with E-state index in [9.17, 15) is 19.5 Å². The van der Waals surface area contributed by atoms with Crippen molar-refractivity contribution in [1.29, 1.82) is 0 Å². The number of hydrogen-bond acceptors (Lipinski definition) is 7. The minimum Gasteiger partial charge on any atom is -0.477 e. The maximum absolute atomic E-state index is 12.9. The van der Waals surface area contributed by atoms with Gasteiger partial charge in [0.1, 0.15) is 13.2 Å². The number of rotatable bonds is 59. The van der Waals surface area contributed by atoms with E-state index in [1.165, 1.54) is 212 Å². The lowest BCUT2D eigenvalue weighted by Gasteiger charge is -2.25. The Morgan fingerprint density at radius 3 is 1.08 bits per heavy atom. The van der Waals surface area contributed by atoms with E-state index < -0.39 is 24.3 Å². The molecule has 2 unspecified atom stereocenters. The third-order valence-electron chi connectivity index (χ3n) is 14.1. The molecule has 0 heterocycles. The van der Waals surface area contributed by atoms with E-state index in [0.29, 0.717) is 23.9 Å². The van der Waals surface area contributed by atoms with Crippen LogP contribution in [0.1, 0.15) is 303 Å². The number of carboxylic acid groups (broad SMARTS) is 1. The second-order valence-electron chi connectivity index (χ2n) is 22.7. The number of carboxylic acids is 1.